The second-order valence-corrected chi connectivity index (χ2v) is 4.95. The van der Waals surface area contributed by atoms with Crippen molar-refractivity contribution in [3.8, 4) is 0 Å². The van der Waals surface area contributed by atoms with Crippen LogP contribution in [-0.2, 0) is 30.0 Å². The van der Waals surface area contributed by atoms with E-state index in [0.29, 0.717) is 0 Å². The average molecular weight is 410 g/mol. The Morgan fingerprint density at radius 1 is 0.727 bits per heavy atom. The number of carboxylic acid groups (broad SMARTS) is 2. The second kappa shape index (κ2) is 28.7. The van der Waals surface area contributed by atoms with Gasteiger partial charge in [-0.25, -0.2) is 0 Å². The Morgan fingerprint density at radius 3 is 1.18 bits per heavy atom. The first-order valence-electron chi connectivity index (χ1n) is 7.93. The van der Waals surface area contributed by atoms with Crippen LogP contribution < -0.4 is 15.9 Å². The molecule has 0 spiro atoms. The quantitative estimate of drug-likeness (QED) is 0.433. The van der Waals surface area contributed by atoms with Crippen molar-refractivity contribution in [1.82, 2.24) is 0 Å². The molecular weight excluding hydrogens is 377 g/mol. The molecule has 0 bridgehead atoms. The topological polar surface area (TPSA) is 106 Å². The first kappa shape index (κ1) is 29.6. The van der Waals surface area contributed by atoms with Gasteiger partial charge in [0, 0.05) is 11.9 Å². The standard InChI is InChI=1S/C12H27N.2C2H4O2.Pd/c1-2-3-4-5-6-7-8-9-10-11-12-13;2*1-2(3)4;/h2-13H2,1H3;2*1H3,(H,3,4);/q;;;+2/p-2. The molecule has 0 aliphatic carbocycles. The summed E-state index contributed by atoms with van der Waals surface area (Å²) in [7, 11) is 0. The fourth-order valence-corrected chi connectivity index (χ4v) is 1.63. The van der Waals surface area contributed by atoms with Crippen LogP contribution in [0.2, 0.25) is 0 Å². The smallest absolute Gasteiger partial charge is 0.550 e. The van der Waals surface area contributed by atoms with Crippen LogP contribution in [0.25, 0.3) is 0 Å². The molecular formula is C16H33NO4Pd. The van der Waals surface area contributed by atoms with Gasteiger partial charge in [0.25, 0.3) is 0 Å². The Labute approximate surface area is 149 Å². The van der Waals surface area contributed by atoms with E-state index in [1.54, 1.807) is 0 Å². The van der Waals surface area contributed by atoms with Gasteiger partial charge in [0.2, 0.25) is 0 Å². The molecule has 0 saturated heterocycles. The molecule has 0 heterocycles. The number of hydrogen-bond donors (Lipinski definition) is 1. The number of carbonyl (C=O) groups is 2. The molecule has 0 aromatic carbocycles. The third-order valence-electron chi connectivity index (χ3n) is 2.56. The van der Waals surface area contributed by atoms with Crippen LogP contribution >= 0.6 is 0 Å². The molecule has 0 amide bonds. The number of carbonyl (C=O) groups excluding carboxylic acids is 2. The van der Waals surface area contributed by atoms with Gasteiger partial charge in [0.15, 0.2) is 0 Å². The van der Waals surface area contributed by atoms with Gasteiger partial charge in [-0.2, -0.15) is 0 Å². The maximum atomic E-state index is 8.89. The molecule has 0 aliphatic heterocycles. The van der Waals surface area contributed by atoms with E-state index in [2.05, 4.69) is 6.92 Å². The van der Waals surface area contributed by atoms with E-state index in [9.17, 15) is 0 Å². The first-order chi connectivity index (χ1) is 9.88. The van der Waals surface area contributed by atoms with Crippen molar-refractivity contribution < 1.29 is 40.2 Å². The van der Waals surface area contributed by atoms with Crippen LogP contribution in [0.3, 0.4) is 0 Å². The van der Waals surface area contributed by atoms with Gasteiger partial charge in [0.1, 0.15) is 0 Å². The summed E-state index contributed by atoms with van der Waals surface area (Å²) in [6.07, 6.45) is 13.9. The van der Waals surface area contributed by atoms with Gasteiger partial charge in [0.05, 0.1) is 0 Å². The number of carboxylic acids is 2. The Bertz CT molecular complexity index is 196. The number of hydrogen-bond acceptors (Lipinski definition) is 5. The van der Waals surface area contributed by atoms with Crippen LogP contribution in [0.1, 0.15) is 85.0 Å². The van der Waals surface area contributed by atoms with Gasteiger partial charge in [-0.05, 0) is 26.8 Å². The summed E-state index contributed by atoms with van der Waals surface area (Å²) in [5.74, 6) is -2.17. The largest absolute Gasteiger partial charge is 2.00 e. The summed E-state index contributed by atoms with van der Waals surface area (Å²) in [6.45, 7) is 5.09. The average Bonchev–Trinajstić information content (AvgIpc) is 2.35. The second-order valence-electron chi connectivity index (χ2n) is 4.95. The van der Waals surface area contributed by atoms with Crippen LogP contribution in [0.15, 0.2) is 0 Å². The Kier molecular flexibility index (Phi) is 38.5. The van der Waals surface area contributed by atoms with Crippen LogP contribution in [0, 0.1) is 0 Å². The van der Waals surface area contributed by atoms with Crippen molar-refractivity contribution in [3.63, 3.8) is 0 Å². The third kappa shape index (κ3) is 73.7. The van der Waals surface area contributed by atoms with Crippen molar-refractivity contribution in [3.05, 3.63) is 0 Å². The molecule has 0 unspecified atom stereocenters. The summed E-state index contributed by atoms with van der Waals surface area (Å²) in [5, 5.41) is 17.8. The summed E-state index contributed by atoms with van der Waals surface area (Å²) < 4.78 is 0. The molecule has 5 nitrogen and oxygen atoms in total. The molecule has 0 rings (SSSR count). The van der Waals surface area contributed by atoms with Gasteiger partial charge in [-0.3, -0.25) is 0 Å². The Balaban J connectivity index is -0.000000150. The normalized spacial score (nSPS) is 8.55. The fraction of sp³-hybridized carbons (Fsp3) is 0.875. The Hall–Kier alpha value is -0.438. The molecule has 0 radical (unpaired) electrons. The molecule has 0 aromatic heterocycles. The fourth-order valence-electron chi connectivity index (χ4n) is 1.63. The van der Waals surface area contributed by atoms with Crippen molar-refractivity contribution in [2.24, 2.45) is 5.73 Å². The Morgan fingerprint density at radius 2 is 0.955 bits per heavy atom. The third-order valence-corrected chi connectivity index (χ3v) is 2.56. The van der Waals surface area contributed by atoms with Crippen molar-refractivity contribution in [1.29, 1.82) is 0 Å². The predicted molar refractivity (Wildman–Crippen MR) is 82.3 cm³/mol. The minimum atomic E-state index is -1.08. The molecule has 0 aliphatic rings. The van der Waals surface area contributed by atoms with E-state index in [-0.39, 0.29) is 20.4 Å². The number of unbranched alkanes of at least 4 members (excludes halogenated alkanes) is 9. The number of aliphatic carboxylic acids is 2. The molecule has 0 aromatic rings. The summed E-state index contributed by atoms with van der Waals surface area (Å²) >= 11 is 0. The van der Waals surface area contributed by atoms with E-state index in [1.165, 1.54) is 64.2 Å². The maximum absolute atomic E-state index is 8.89. The van der Waals surface area contributed by atoms with Crippen molar-refractivity contribution >= 4 is 11.9 Å². The SMILES string of the molecule is CC(=O)[O-].CC(=O)[O-].CCCCCCCCCCCCN.[Pd+2]. The molecule has 0 atom stereocenters. The monoisotopic (exact) mass is 409 g/mol. The molecule has 136 valence electrons. The van der Waals surface area contributed by atoms with Crippen LogP contribution in [0.4, 0.5) is 0 Å². The van der Waals surface area contributed by atoms with E-state index in [0.717, 1.165) is 20.4 Å². The van der Waals surface area contributed by atoms with Gasteiger partial charge < -0.3 is 25.5 Å². The van der Waals surface area contributed by atoms with E-state index in [4.69, 9.17) is 25.5 Å². The number of nitrogens with two attached hydrogens (primary N) is 1. The van der Waals surface area contributed by atoms with Crippen LogP contribution in [-0.4, -0.2) is 18.5 Å². The van der Waals surface area contributed by atoms with Crippen LogP contribution in [0.5, 0.6) is 0 Å². The van der Waals surface area contributed by atoms with Crippen molar-refractivity contribution in [2.75, 3.05) is 6.54 Å². The molecule has 2 N–H and O–H groups in total. The minimum Gasteiger partial charge on any atom is -0.550 e. The van der Waals surface area contributed by atoms with E-state index < -0.39 is 11.9 Å². The van der Waals surface area contributed by atoms with Gasteiger partial charge in [-0.15, -0.1) is 0 Å². The van der Waals surface area contributed by atoms with Crippen molar-refractivity contribution in [2.45, 2.75) is 85.0 Å². The zero-order chi connectivity index (χ0) is 16.9. The first-order valence-corrected chi connectivity index (χ1v) is 7.93. The maximum Gasteiger partial charge on any atom is 2.00 e. The molecule has 0 saturated carbocycles. The van der Waals surface area contributed by atoms with Gasteiger partial charge in [-0.1, -0.05) is 64.7 Å². The summed E-state index contributed by atoms with van der Waals surface area (Å²) in [5.41, 5.74) is 5.42. The number of rotatable bonds is 10. The van der Waals surface area contributed by atoms with E-state index in [1.807, 2.05) is 0 Å². The predicted octanol–water partition coefficient (Wildman–Crippen LogP) is 1.38. The zero-order valence-corrected chi connectivity index (χ0v) is 15.9. The van der Waals surface area contributed by atoms with Gasteiger partial charge >= 0.3 is 20.4 Å². The molecule has 0 fully saturated rings. The van der Waals surface area contributed by atoms with E-state index >= 15 is 0 Å². The summed E-state index contributed by atoms with van der Waals surface area (Å²) in [4.78, 5) is 17.8. The molecule has 6 heteroatoms. The summed E-state index contributed by atoms with van der Waals surface area (Å²) in [6, 6.07) is 0. The molecule has 22 heavy (non-hydrogen) atoms. The zero-order valence-electron chi connectivity index (χ0n) is 14.3. The minimum absolute atomic E-state index is 0.